The van der Waals surface area contributed by atoms with E-state index in [0.717, 1.165) is 4.90 Å². The van der Waals surface area contributed by atoms with Crippen molar-refractivity contribution in [2.45, 2.75) is 26.4 Å². The molecule has 76 valence electrons. The highest BCUT2D eigenvalue weighted by atomic mass is 16.6. The quantitative estimate of drug-likeness (QED) is 0.679. The number of primary amides is 1. The molecule has 2 N–H and O–H groups in total. The summed E-state index contributed by atoms with van der Waals surface area (Å²) >= 11 is 0. The summed E-state index contributed by atoms with van der Waals surface area (Å²) in [6.45, 7) is 5.13. The van der Waals surface area contributed by atoms with Crippen molar-refractivity contribution in [2.24, 2.45) is 5.73 Å². The lowest BCUT2D eigenvalue weighted by molar-refractivity contribution is -0.118. The first kappa shape index (κ1) is 11.7. The number of nitrogens with two attached hydrogens (primary N) is 1. The monoisotopic (exact) mass is 188 g/mol. The number of rotatable bonds is 2. The van der Waals surface area contributed by atoms with E-state index >= 15 is 0 Å². The van der Waals surface area contributed by atoms with Crippen LogP contribution in [0.15, 0.2) is 0 Å². The first-order valence-corrected chi connectivity index (χ1v) is 3.95. The van der Waals surface area contributed by atoms with Gasteiger partial charge in [0.15, 0.2) is 0 Å². The van der Waals surface area contributed by atoms with Crippen molar-refractivity contribution in [3.8, 4) is 0 Å². The molecule has 0 aromatic heterocycles. The van der Waals surface area contributed by atoms with Crippen molar-refractivity contribution in [1.82, 2.24) is 4.90 Å². The first-order valence-electron chi connectivity index (χ1n) is 3.95. The highest BCUT2D eigenvalue weighted by Crippen LogP contribution is 2.08. The molecule has 0 aliphatic rings. The van der Waals surface area contributed by atoms with Gasteiger partial charge in [0, 0.05) is 7.05 Å². The van der Waals surface area contributed by atoms with E-state index in [4.69, 9.17) is 10.5 Å². The maximum absolute atomic E-state index is 11.2. The lowest BCUT2D eigenvalue weighted by Crippen LogP contribution is -2.39. The molecule has 0 spiro atoms. The Bertz CT molecular complexity index is 208. The summed E-state index contributed by atoms with van der Waals surface area (Å²) in [5.74, 6) is -0.562. The van der Waals surface area contributed by atoms with Crippen LogP contribution in [0.2, 0.25) is 0 Å². The number of hydrogen-bond donors (Lipinski definition) is 1. The lowest BCUT2D eigenvalue weighted by atomic mass is 10.2. The molecule has 5 heteroatoms. The Balaban J connectivity index is 4.05. The number of carbonyl (C=O) groups is 2. The minimum absolute atomic E-state index is 0.130. The van der Waals surface area contributed by atoms with E-state index in [0.29, 0.717) is 0 Å². The lowest BCUT2D eigenvalue weighted by Gasteiger charge is -2.23. The Morgan fingerprint density at radius 2 is 1.85 bits per heavy atom. The van der Waals surface area contributed by atoms with Gasteiger partial charge in [-0.25, -0.2) is 4.79 Å². The van der Waals surface area contributed by atoms with Gasteiger partial charge in [-0.15, -0.1) is 0 Å². The molecule has 0 saturated heterocycles. The average molecular weight is 188 g/mol. The Hall–Kier alpha value is -1.26. The summed E-state index contributed by atoms with van der Waals surface area (Å²) in [5, 5.41) is 0. The van der Waals surface area contributed by atoms with Crippen molar-refractivity contribution in [3.63, 3.8) is 0 Å². The molecule has 0 aliphatic heterocycles. The Labute approximate surface area is 77.8 Å². The molecule has 0 radical (unpaired) electrons. The molecule has 0 saturated carbocycles. The van der Waals surface area contributed by atoms with E-state index in [1.165, 1.54) is 7.05 Å². The maximum atomic E-state index is 11.2. The third-order valence-electron chi connectivity index (χ3n) is 1.10. The summed E-state index contributed by atoms with van der Waals surface area (Å²) in [6, 6.07) is 0. The molecule has 0 heterocycles. The van der Waals surface area contributed by atoms with Crippen LogP contribution in [-0.4, -0.2) is 36.1 Å². The zero-order valence-electron chi connectivity index (χ0n) is 8.46. The van der Waals surface area contributed by atoms with Gasteiger partial charge in [0.25, 0.3) is 0 Å². The average Bonchev–Trinajstić information content (AvgIpc) is 1.81. The first-order chi connectivity index (χ1) is 5.72. The van der Waals surface area contributed by atoms with Crippen LogP contribution < -0.4 is 5.73 Å². The Morgan fingerprint density at radius 1 is 1.38 bits per heavy atom. The fourth-order valence-electron chi connectivity index (χ4n) is 0.638. The van der Waals surface area contributed by atoms with Crippen LogP contribution in [-0.2, 0) is 9.53 Å². The normalized spacial score (nSPS) is 10.8. The molecular formula is C8H16N2O3. The third-order valence-corrected chi connectivity index (χ3v) is 1.10. The smallest absolute Gasteiger partial charge is 0.410 e. The van der Waals surface area contributed by atoms with E-state index in [2.05, 4.69) is 0 Å². The van der Waals surface area contributed by atoms with Crippen LogP contribution in [0.1, 0.15) is 20.8 Å². The highest BCUT2D eigenvalue weighted by molar-refractivity contribution is 5.80. The second kappa shape index (κ2) is 4.11. The molecule has 0 aliphatic carbocycles. The summed E-state index contributed by atoms with van der Waals surface area (Å²) < 4.78 is 4.98. The molecule has 0 atom stereocenters. The minimum Gasteiger partial charge on any atom is -0.444 e. The van der Waals surface area contributed by atoms with Gasteiger partial charge >= 0.3 is 6.09 Å². The number of hydrogen-bond acceptors (Lipinski definition) is 3. The number of nitrogens with zero attached hydrogens (tertiary/aromatic N) is 1. The fourth-order valence-corrected chi connectivity index (χ4v) is 0.638. The molecule has 2 amide bonds. The van der Waals surface area contributed by atoms with Crippen LogP contribution in [0.5, 0.6) is 0 Å². The van der Waals surface area contributed by atoms with Gasteiger partial charge in [0.1, 0.15) is 12.1 Å². The van der Waals surface area contributed by atoms with E-state index in [9.17, 15) is 9.59 Å². The molecule has 0 aromatic carbocycles. The van der Waals surface area contributed by atoms with Crippen molar-refractivity contribution < 1.29 is 14.3 Å². The molecule has 13 heavy (non-hydrogen) atoms. The van der Waals surface area contributed by atoms with Gasteiger partial charge < -0.3 is 15.4 Å². The number of carbonyl (C=O) groups excluding carboxylic acids is 2. The molecule has 0 aromatic rings. The van der Waals surface area contributed by atoms with Gasteiger partial charge in [-0.05, 0) is 20.8 Å². The molecule has 0 unspecified atom stereocenters. The minimum atomic E-state index is -0.562. The second-order valence-corrected chi connectivity index (χ2v) is 3.80. The zero-order valence-corrected chi connectivity index (χ0v) is 8.46. The Morgan fingerprint density at radius 3 is 2.15 bits per heavy atom. The molecular weight excluding hydrogens is 172 g/mol. The molecule has 0 rings (SSSR count). The van der Waals surface area contributed by atoms with E-state index in [1.54, 1.807) is 20.8 Å². The van der Waals surface area contributed by atoms with E-state index in [1.807, 2.05) is 0 Å². The van der Waals surface area contributed by atoms with Crippen molar-refractivity contribution >= 4 is 12.0 Å². The standard InChI is InChI=1S/C8H16N2O3/c1-8(2,3)13-7(12)10(4)5-6(9)11/h5H2,1-4H3,(H2,9,11). The SMILES string of the molecule is CN(CC(N)=O)C(=O)OC(C)(C)C. The molecule has 5 nitrogen and oxygen atoms in total. The van der Waals surface area contributed by atoms with E-state index < -0.39 is 17.6 Å². The zero-order chi connectivity index (χ0) is 10.6. The van der Waals surface area contributed by atoms with Gasteiger partial charge in [-0.2, -0.15) is 0 Å². The fraction of sp³-hybridized carbons (Fsp3) is 0.750. The van der Waals surface area contributed by atoms with Gasteiger partial charge in [0.05, 0.1) is 0 Å². The summed E-state index contributed by atoms with van der Waals surface area (Å²) in [6.07, 6.45) is -0.550. The van der Waals surface area contributed by atoms with Crippen molar-refractivity contribution in [1.29, 1.82) is 0 Å². The van der Waals surface area contributed by atoms with Gasteiger partial charge in [-0.1, -0.05) is 0 Å². The Kier molecular flexibility index (Phi) is 3.71. The summed E-state index contributed by atoms with van der Waals surface area (Å²) in [7, 11) is 1.46. The van der Waals surface area contributed by atoms with Crippen LogP contribution in [0.4, 0.5) is 4.79 Å². The topological polar surface area (TPSA) is 72.6 Å². The molecule has 0 fully saturated rings. The third kappa shape index (κ3) is 5.95. The van der Waals surface area contributed by atoms with Gasteiger partial charge in [-0.3, -0.25) is 4.79 Å². The summed E-state index contributed by atoms with van der Waals surface area (Å²) in [5.41, 5.74) is 4.35. The largest absolute Gasteiger partial charge is 0.444 e. The predicted molar refractivity (Wildman–Crippen MR) is 48.1 cm³/mol. The number of ether oxygens (including phenoxy) is 1. The number of amides is 2. The van der Waals surface area contributed by atoms with Crippen LogP contribution in [0.25, 0.3) is 0 Å². The van der Waals surface area contributed by atoms with Gasteiger partial charge in [0.2, 0.25) is 5.91 Å². The summed E-state index contributed by atoms with van der Waals surface area (Å²) in [4.78, 5) is 22.8. The van der Waals surface area contributed by atoms with Crippen molar-refractivity contribution in [3.05, 3.63) is 0 Å². The van der Waals surface area contributed by atoms with Crippen LogP contribution in [0, 0.1) is 0 Å². The maximum Gasteiger partial charge on any atom is 0.410 e. The van der Waals surface area contributed by atoms with Crippen LogP contribution >= 0.6 is 0 Å². The van der Waals surface area contributed by atoms with Crippen molar-refractivity contribution in [2.75, 3.05) is 13.6 Å². The predicted octanol–water partition coefficient (Wildman–Crippen LogP) is 0.339. The van der Waals surface area contributed by atoms with E-state index in [-0.39, 0.29) is 6.54 Å². The molecule has 0 bridgehead atoms. The number of likely N-dealkylation sites (N-methyl/N-ethyl adjacent to an activating group) is 1. The highest BCUT2D eigenvalue weighted by Gasteiger charge is 2.20. The second-order valence-electron chi connectivity index (χ2n) is 3.80. The van der Waals surface area contributed by atoms with Crippen LogP contribution in [0.3, 0.4) is 0 Å².